The molecule has 2 aromatic heterocycles. The van der Waals surface area contributed by atoms with Gasteiger partial charge in [-0.15, -0.1) is 11.3 Å². The van der Waals surface area contributed by atoms with Gasteiger partial charge in [0.1, 0.15) is 17.3 Å². The number of nitrogens with zero attached hydrogens (tertiary/aromatic N) is 3. The third-order valence-corrected chi connectivity index (χ3v) is 4.45. The van der Waals surface area contributed by atoms with Crippen molar-refractivity contribution in [1.29, 1.82) is 5.26 Å². The number of hydrogen-bond donors (Lipinski definition) is 3. The highest BCUT2D eigenvalue weighted by molar-refractivity contribution is 7.14. The van der Waals surface area contributed by atoms with Gasteiger partial charge in [0.2, 0.25) is 5.91 Å². The zero-order valence-electron chi connectivity index (χ0n) is 13.8. The lowest BCUT2D eigenvalue weighted by atomic mass is 9.99. The van der Waals surface area contributed by atoms with Gasteiger partial charge in [-0.3, -0.25) is 9.78 Å². The van der Waals surface area contributed by atoms with Gasteiger partial charge < -0.3 is 15.5 Å². The van der Waals surface area contributed by atoms with Gasteiger partial charge in [0.15, 0.2) is 22.4 Å². The maximum atomic E-state index is 13.8. The number of nitrogens with one attached hydrogen (secondary N) is 1. The maximum absolute atomic E-state index is 13.8. The first kappa shape index (κ1) is 18.3. The fraction of sp³-hybridized carbons (Fsp3) is 0.111. The molecule has 1 amide bonds. The minimum absolute atomic E-state index is 0.0449. The zero-order valence-corrected chi connectivity index (χ0v) is 14.6. The Morgan fingerprint density at radius 3 is 2.85 bits per heavy atom. The van der Waals surface area contributed by atoms with Crippen molar-refractivity contribution in [3.63, 3.8) is 0 Å². The lowest BCUT2D eigenvalue weighted by Crippen LogP contribution is -2.23. The molecule has 1 unspecified atom stereocenters. The summed E-state index contributed by atoms with van der Waals surface area (Å²) in [6.45, 7) is 0. The number of carbonyl (C=O) groups is 1. The van der Waals surface area contributed by atoms with Crippen LogP contribution in [0.25, 0.3) is 11.4 Å². The number of benzene rings is 1. The van der Waals surface area contributed by atoms with E-state index in [0.29, 0.717) is 5.56 Å². The van der Waals surface area contributed by atoms with Gasteiger partial charge in [0, 0.05) is 11.6 Å². The molecule has 0 radical (unpaired) electrons. The second kappa shape index (κ2) is 7.80. The van der Waals surface area contributed by atoms with Crippen molar-refractivity contribution >= 4 is 22.4 Å². The molecule has 1 atom stereocenters. The van der Waals surface area contributed by atoms with Crippen molar-refractivity contribution in [3.8, 4) is 29.0 Å². The molecule has 0 aliphatic rings. The molecule has 0 spiro atoms. The second-order valence-electron chi connectivity index (χ2n) is 5.57. The number of phenolic OH excluding ortho intramolecular Hbond substituents is 2. The van der Waals surface area contributed by atoms with Crippen LogP contribution in [-0.2, 0) is 11.2 Å². The number of amides is 1. The molecular formula is C18H13FN4O3S. The van der Waals surface area contributed by atoms with Crippen molar-refractivity contribution in [1.82, 2.24) is 9.97 Å². The van der Waals surface area contributed by atoms with Crippen molar-refractivity contribution in [2.45, 2.75) is 6.42 Å². The van der Waals surface area contributed by atoms with E-state index in [1.165, 1.54) is 36.5 Å². The largest absolute Gasteiger partial charge is 0.504 e. The summed E-state index contributed by atoms with van der Waals surface area (Å²) in [5, 5.41) is 32.4. The molecule has 3 rings (SSSR count). The Balaban J connectivity index is 1.71. The van der Waals surface area contributed by atoms with E-state index in [2.05, 4.69) is 15.3 Å². The predicted octanol–water partition coefficient (Wildman–Crippen LogP) is 3.08. The number of hydrogen-bond acceptors (Lipinski definition) is 7. The van der Waals surface area contributed by atoms with Crippen molar-refractivity contribution in [2.75, 3.05) is 5.32 Å². The summed E-state index contributed by atoms with van der Waals surface area (Å²) >= 11 is 1.09. The van der Waals surface area contributed by atoms with E-state index in [1.54, 1.807) is 5.38 Å². The average molecular weight is 384 g/mol. The monoisotopic (exact) mass is 384 g/mol. The number of pyridine rings is 1. The van der Waals surface area contributed by atoms with E-state index in [9.17, 15) is 24.7 Å². The normalized spacial score (nSPS) is 11.6. The van der Waals surface area contributed by atoms with E-state index < -0.39 is 17.6 Å². The first-order valence-electron chi connectivity index (χ1n) is 7.75. The summed E-state index contributed by atoms with van der Waals surface area (Å²) in [5.41, 5.74) is 0.874. The molecular weight excluding hydrogens is 371 g/mol. The Bertz CT molecular complexity index is 1030. The summed E-state index contributed by atoms with van der Waals surface area (Å²) in [5.74, 6) is -2.75. The third-order valence-electron chi connectivity index (χ3n) is 3.69. The molecule has 7 nitrogen and oxygen atoms in total. The molecule has 9 heteroatoms. The van der Waals surface area contributed by atoms with Crippen molar-refractivity contribution in [2.24, 2.45) is 5.92 Å². The standard InChI is InChI=1S/C18H13FN4O3S/c19-12-2-1-5-21-16(12)13-9-27-18(22-13)23-17(26)11(8-20)6-10-3-4-14(24)15(25)7-10/h1-5,7,9,11,24-25H,6H2,(H,22,23,26). The van der Waals surface area contributed by atoms with Crippen molar-refractivity contribution < 1.29 is 19.4 Å². The molecule has 27 heavy (non-hydrogen) atoms. The lowest BCUT2D eigenvalue weighted by Gasteiger charge is -2.09. The number of anilines is 1. The fourth-order valence-electron chi connectivity index (χ4n) is 2.34. The van der Waals surface area contributed by atoms with E-state index in [-0.39, 0.29) is 34.4 Å². The fourth-order valence-corrected chi connectivity index (χ4v) is 3.03. The summed E-state index contributed by atoms with van der Waals surface area (Å²) in [6.07, 6.45) is 1.48. The smallest absolute Gasteiger partial charge is 0.243 e. The van der Waals surface area contributed by atoms with Crippen LogP contribution in [0.15, 0.2) is 41.9 Å². The van der Waals surface area contributed by atoms with Crippen LogP contribution >= 0.6 is 11.3 Å². The van der Waals surface area contributed by atoms with E-state index in [1.807, 2.05) is 6.07 Å². The molecule has 2 heterocycles. The average Bonchev–Trinajstić information content (AvgIpc) is 3.11. The quantitative estimate of drug-likeness (QED) is 0.582. The van der Waals surface area contributed by atoms with Crippen LogP contribution in [0.4, 0.5) is 9.52 Å². The Kier molecular flexibility index (Phi) is 5.28. The molecule has 3 aromatic rings. The summed E-state index contributed by atoms with van der Waals surface area (Å²) in [7, 11) is 0. The summed E-state index contributed by atoms with van der Waals surface area (Å²) in [6, 6.07) is 8.71. The SMILES string of the molecule is N#CC(Cc1ccc(O)c(O)c1)C(=O)Nc1nc(-c2ncccc2F)cs1. The van der Waals surface area contributed by atoms with Gasteiger partial charge in [0.25, 0.3) is 0 Å². The third kappa shape index (κ3) is 4.19. The van der Waals surface area contributed by atoms with Crippen LogP contribution in [0.1, 0.15) is 5.56 Å². The Morgan fingerprint density at radius 1 is 1.33 bits per heavy atom. The Morgan fingerprint density at radius 2 is 2.15 bits per heavy atom. The van der Waals surface area contributed by atoms with Gasteiger partial charge in [-0.2, -0.15) is 5.26 Å². The van der Waals surface area contributed by atoms with E-state index in [4.69, 9.17) is 0 Å². The van der Waals surface area contributed by atoms with Crippen LogP contribution in [0.2, 0.25) is 0 Å². The number of halogens is 1. The zero-order chi connectivity index (χ0) is 19.4. The number of carbonyl (C=O) groups excluding carboxylic acids is 1. The van der Waals surface area contributed by atoms with Gasteiger partial charge in [-0.25, -0.2) is 9.37 Å². The first-order chi connectivity index (χ1) is 13.0. The maximum Gasteiger partial charge on any atom is 0.243 e. The van der Waals surface area contributed by atoms with Gasteiger partial charge >= 0.3 is 0 Å². The van der Waals surface area contributed by atoms with Crippen LogP contribution in [0.5, 0.6) is 11.5 Å². The van der Waals surface area contributed by atoms with Crippen molar-refractivity contribution in [3.05, 3.63) is 53.3 Å². The molecule has 0 fully saturated rings. The Labute approximate surface area is 157 Å². The molecule has 0 saturated carbocycles. The second-order valence-corrected chi connectivity index (χ2v) is 6.43. The number of thiazole rings is 1. The molecule has 0 bridgehead atoms. The molecule has 0 saturated heterocycles. The number of phenols is 2. The minimum atomic E-state index is -1.03. The molecule has 1 aromatic carbocycles. The topological polar surface area (TPSA) is 119 Å². The Hall–Kier alpha value is -3.51. The summed E-state index contributed by atoms with van der Waals surface area (Å²) < 4.78 is 13.8. The lowest BCUT2D eigenvalue weighted by molar-refractivity contribution is -0.118. The molecule has 0 aliphatic heterocycles. The van der Waals surface area contributed by atoms with E-state index in [0.717, 1.165) is 11.3 Å². The molecule has 3 N–H and O–H groups in total. The van der Waals surface area contributed by atoms with Gasteiger partial charge in [-0.1, -0.05) is 6.07 Å². The van der Waals surface area contributed by atoms with E-state index >= 15 is 0 Å². The number of aromatic hydroxyl groups is 2. The molecule has 0 aliphatic carbocycles. The predicted molar refractivity (Wildman–Crippen MR) is 96.5 cm³/mol. The molecule has 136 valence electrons. The van der Waals surface area contributed by atoms with Gasteiger partial charge in [0.05, 0.1) is 6.07 Å². The highest BCUT2D eigenvalue weighted by Crippen LogP contribution is 2.27. The number of rotatable bonds is 5. The van der Waals surface area contributed by atoms with Crippen LogP contribution in [-0.4, -0.2) is 26.1 Å². The van der Waals surface area contributed by atoms with Crippen LogP contribution in [0.3, 0.4) is 0 Å². The van der Waals surface area contributed by atoms with Gasteiger partial charge in [-0.05, 0) is 36.2 Å². The van der Waals surface area contributed by atoms with Crippen LogP contribution < -0.4 is 5.32 Å². The number of nitriles is 1. The number of aromatic nitrogens is 2. The highest BCUT2D eigenvalue weighted by atomic mass is 32.1. The highest BCUT2D eigenvalue weighted by Gasteiger charge is 2.21. The first-order valence-corrected chi connectivity index (χ1v) is 8.63. The van der Waals surface area contributed by atoms with Crippen LogP contribution in [0, 0.1) is 23.1 Å². The summed E-state index contributed by atoms with van der Waals surface area (Å²) in [4.78, 5) is 20.4. The minimum Gasteiger partial charge on any atom is -0.504 e.